The molecule has 74 valence electrons. The largest absolute Gasteiger partial charge is 0.0914 e. The summed E-state index contributed by atoms with van der Waals surface area (Å²) in [5.41, 5.74) is 0. The third-order valence-electron chi connectivity index (χ3n) is 4.07. The summed E-state index contributed by atoms with van der Waals surface area (Å²) in [5.74, 6) is 4.10. The summed E-state index contributed by atoms with van der Waals surface area (Å²) >= 11 is 0. The molecule has 0 aromatic heterocycles. The minimum Gasteiger partial charge on any atom is -0.0914 e. The van der Waals surface area contributed by atoms with Crippen LogP contribution in [0.15, 0.2) is 12.2 Å². The molecular weight excluding hydrogens is 156 g/mol. The van der Waals surface area contributed by atoms with Gasteiger partial charge in [-0.05, 0) is 37.0 Å². The van der Waals surface area contributed by atoms with Gasteiger partial charge < -0.3 is 0 Å². The lowest BCUT2D eigenvalue weighted by Gasteiger charge is -2.10. The van der Waals surface area contributed by atoms with Crippen molar-refractivity contribution in [3.8, 4) is 0 Å². The fourth-order valence-electron chi connectivity index (χ4n) is 3.21. The maximum Gasteiger partial charge on any atom is -0.0231 e. The Hall–Kier alpha value is -0.260. The highest BCUT2D eigenvalue weighted by Crippen LogP contribution is 2.53. The van der Waals surface area contributed by atoms with Gasteiger partial charge in [0, 0.05) is 0 Å². The molecule has 0 aliphatic heterocycles. The summed E-state index contributed by atoms with van der Waals surface area (Å²) in [4.78, 5) is 0. The van der Waals surface area contributed by atoms with Gasteiger partial charge in [-0.25, -0.2) is 0 Å². The molecule has 3 atom stereocenters. The molecule has 0 N–H and O–H groups in total. The predicted octanol–water partition coefficient (Wildman–Crippen LogP) is 4.02. The van der Waals surface area contributed by atoms with Crippen molar-refractivity contribution in [3.05, 3.63) is 12.2 Å². The van der Waals surface area contributed by atoms with Crippen LogP contribution in [0.5, 0.6) is 0 Å². The molecule has 0 aromatic rings. The fourth-order valence-corrected chi connectivity index (χ4v) is 3.21. The Balaban J connectivity index is 1.80. The summed E-state index contributed by atoms with van der Waals surface area (Å²) in [7, 11) is 0. The smallest absolute Gasteiger partial charge is 0.0231 e. The molecule has 0 saturated heterocycles. The summed E-state index contributed by atoms with van der Waals surface area (Å²) in [5, 5.41) is 0. The topological polar surface area (TPSA) is 0 Å². The Kier molecular flexibility index (Phi) is 2.76. The lowest BCUT2D eigenvalue weighted by atomic mass is 9.95. The average molecular weight is 178 g/mol. The quantitative estimate of drug-likeness (QED) is 0.572. The molecule has 2 rings (SSSR count). The van der Waals surface area contributed by atoms with Gasteiger partial charge in [0.05, 0.1) is 0 Å². The molecule has 2 aliphatic carbocycles. The zero-order chi connectivity index (χ0) is 9.26. The molecule has 2 saturated carbocycles. The predicted molar refractivity (Wildman–Crippen MR) is 57.5 cm³/mol. The van der Waals surface area contributed by atoms with Crippen molar-refractivity contribution in [2.24, 2.45) is 23.7 Å². The number of hydrogen-bond acceptors (Lipinski definition) is 0. The van der Waals surface area contributed by atoms with Gasteiger partial charge in [-0.1, -0.05) is 44.8 Å². The first-order valence-corrected chi connectivity index (χ1v) is 5.95. The van der Waals surface area contributed by atoms with Crippen molar-refractivity contribution in [1.82, 2.24) is 0 Å². The van der Waals surface area contributed by atoms with Crippen LogP contribution in [0.1, 0.15) is 46.0 Å². The van der Waals surface area contributed by atoms with Crippen LogP contribution < -0.4 is 0 Å². The van der Waals surface area contributed by atoms with Crippen molar-refractivity contribution < 1.29 is 0 Å². The molecule has 13 heavy (non-hydrogen) atoms. The Morgan fingerprint density at radius 2 is 1.92 bits per heavy atom. The molecular formula is C13H22. The van der Waals surface area contributed by atoms with Crippen molar-refractivity contribution >= 4 is 0 Å². The SMILES string of the molecule is C/C=C\C(C)C1CC1C1CCCC1. The summed E-state index contributed by atoms with van der Waals surface area (Å²) in [6.07, 6.45) is 12.2. The van der Waals surface area contributed by atoms with Crippen molar-refractivity contribution in [2.75, 3.05) is 0 Å². The maximum absolute atomic E-state index is 2.39. The highest BCUT2D eigenvalue weighted by atomic mass is 14.5. The second kappa shape index (κ2) is 3.86. The number of hydrogen-bond donors (Lipinski definition) is 0. The molecule has 2 fully saturated rings. The van der Waals surface area contributed by atoms with E-state index in [9.17, 15) is 0 Å². The fraction of sp³-hybridized carbons (Fsp3) is 0.846. The van der Waals surface area contributed by atoms with Crippen LogP contribution in [0.3, 0.4) is 0 Å². The zero-order valence-corrected chi connectivity index (χ0v) is 9.00. The van der Waals surface area contributed by atoms with Gasteiger partial charge in [0.1, 0.15) is 0 Å². The zero-order valence-electron chi connectivity index (χ0n) is 9.00. The van der Waals surface area contributed by atoms with Crippen molar-refractivity contribution in [3.63, 3.8) is 0 Å². The van der Waals surface area contributed by atoms with Gasteiger partial charge in [-0.3, -0.25) is 0 Å². The molecule has 0 aromatic carbocycles. The van der Waals surface area contributed by atoms with E-state index in [4.69, 9.17) is 0 Å². The minimum absolute atomic E-state index is 0.843. The van der Waals surface area contributed by atoms with Crippen molar-refractivity contribution in [2.45, 2.75) is 46.0 Å². The lowest BCUT2D eigenvalue weighted by Crippen LogP contribution is -2.02. The van der Waals surface area contributed by atoms with Crippen LogP contribution in [0.2, 0.25) is 0 Å². The van der Waals surface area contributed by atoms with Gasteiger partial charge in [0.15, 0.2) is 0 Å². The summed E-state index contributed by atoms with van der Waals surface area (Å²) < 4.78 is 0. The van der Waals surface area contributed by atoms with Crippen molar-refractivity contribution in [1.29, 1.82) is 0 Å². The second-order valence-electron chi connectivity index (χ2n) is 4.99. The first kappa shape index (κ1) is 9.30. The van der Waals surface area contributed by atoms with E-state index in [0.29, 0.717) is 0 Å². The van der Waals surface area contributed by atoms with Crippen LogP contribution in [0.25, 0.3) is 0 Å². The maximum atomic E-state index is 2.39. The molecule has 0 spiro atoms. The van der Waals surface area contributed by atoms with Crippen LogP contribution in [0, 0.1) is 23.7 Å². The second-order valence-corrected chi connectivity index (χ2v) is 4.99. The number of rotatable bonds is 3. The standard InChI is InChI=1S/C13H22/c1-3-6-10(2)12-9-13(12)11-7-4-5-8-11/h3,6,10-13H,4-5,7-9H2,1-2H3/b6-3-. The van der Waals surface area contributed by atoms with Crippen LogP contribution >= 0.6 is 0 Å². The van der Waals surface area contributed by atoms with E-state index < -0.39 is 0 Å². The molecule has 2 aliphatic rings. The Morgan fingerprint density at radius 1 is 1.23 bits per heavy atom. The number of allylic oxidation sites excluding steroid dienone is 2. The molecule has 0 bridgehead atoms. The summed E-state index contributed by atoms with van der Waals surface area (Å²) in [6.45, 7) is 4.53. The Labute approximate surface area is 82.4 Å². The average Bonchev–Trinajstić information content (AvgIpc) is 2.74. The van der Waals surface area contributed by atoms with E-state index >= 15 is 0 Å². The monoisotopic (exact) mass is 178 g/mol. The normalized spacial score (nSPS) is 37.1. The van der Waals surface area contributed by atoms with Crippen LogP contribution in [-0.2, 0) is 0 Å². The van der Waals surface area contributed by atoms with Gasteiger partial charge in [-0.15, -0.1) is 0 Å². The molecule has 0 heterocycles. The lowest BCUT2D eigenvalue weighted by molar-refractivity contribution is 0.421. The molecule has 0 amide bonds. The highest BCUT2D eigenvalue weighted by Gasteiger charge is 2.45. The van der Waals surface area contributed by atoms with Crippen LogP contribution in [-0.4, -0.2) is 0 Å². The van der Waals surface area contributed by atoms with Crippen LogP contribution in [0.4, 0.5) is 0 Å². The molecule has 0 heteroatoms. The van der Waals surface area contributed by atoms with E-state index in [-0.39, 0.29) is 0 Å². The van der Waals surface area contributed by atoms with E-state index in [0.717, 1.165) is 23.7 Å². The third-order valence-corrected chi connectivity index (χ3v) is 4.07. The van der Waals surface area contributed by atoms with E-state index in [1.807, 2.05) is 0 Å². The summed E-state index contributed by atoms with van der Waals surface area (Å²) in [6, 6.07) is 0. The van der Waals surface area contributed by atoms with E-state index in [1.54, 1.807) is 0 Å². The third kappa shape index (κ3) is 1.98. The molecule has 0 radical (unpaired) electrons. The first-order chi connectivity index (χ1) is 6.33. The van der Waals surface area contributed by atoms with Gasteiger partial charge >= 0.3 is 0 Å². The first-order valence-electron chi connectivity index (χ1n) is 5.95. The van der Waals surface area contributed by atoms with E-state index in [2.05, 4.69) is 26.0 Å². The van der Waals surface area contributed by atoms with E-state index in [1.165, 1.54) is 32.1 Å². The Morgan fingerprint density at radius 3 is 2.54 bits per heavy atom. The minimum atomic E-state index is 0.843. The van der Waals surface area contributed by atoms with Gasteiger partial charge in [0.2, 0.25) is 0 Å². The van der Waals surface area contributed by atoms with Gasteiger partial charge in [-0.2, -0.15) is 0 Å². The molecule has 3 unspecified atom stereocenters. The highest BCUT2D eigenvalue weighted by molar-refractivity contribution is 5.01. The van der Waals surface area contributed by atoms with Gasteiger partial charge in [0.25, 0.3) is 0 Å². The Bertz CT molecular complexity index is 186. The molecule has 0 nitrogen and oxygen atoms in total.